The van der Waals surface area contributed by atoms with E-state index in [1.54, 1.807) is 24.3 Å². The molecule has 7 nitrogen and oxygen atoms in total. The van der Waals surface area contributed by atoms with Gasteiger partial charge in [0.2, 0.25) is 0 Å². The van der Waals surface area contributed by atoms with Crippen molar-refractivity contribution in [2.45, 2.75) is 62.9 Å². The van der Waals surface area contributed by atoms with E-state index in [0.29, 0.717) is 16.0 Å². The zero-order chi connectivity index (χ0) is 27.6. The standard InChI is InChI=1S/C29H34N2O5S2/c1-5-29(6-2)20-25(36-28(29)30-24-10-8-7-9-11-24)21-31(37(32,33)26-16-12-22(3)13-17-26)38(34,35)27-18-14-23(4)15-19-27/h7-19,25H,5-6,20-21H2,1-4H3. The Bertz CT molecular complexity index is 1420. The molecule has 38 heavy (non-hydrogen) atoms. The number of sulfonamides is 2. The summed E-state index contributed by atoms with van der Waals surface area (Å²) in [6.07, 6.45) is 1.20. The fourth-order valence-corrected chi connectivity index (χ4v) is 8.41. The number of rotatable bonds is 9. The molecule has 1 aliphatic rings. The van der Waals surface area contributed by atoms with Crippen LogP contribution in [-0.4, -0.2) is 39.1 Å². The molecular weight excluding hydrogens is 520 g/mol. The van der Waals surface area contributed by atoms with E-state index >= 15 is 0 Å². The van der Waals surface area contributed by atoms with Crippen LogP contribution in [0.25, 0.3) is 0 Å². The van der Waals surface area contributed by atoms with E-state index in [-0.39, 0.29) is 16.3 Å². The van der Waals surface area contributed by atoms with Crippen molar-refractivity contribution in [3.63, 3.8) is 0 Å². The average Bonchev–Trinajstić information content (AvgIpc) is 3.25. The van der Waals surface area contributed by atoms with Crippen molar-refractivity contribution < 1.29 is 21.6 Å². The molecule has 9 heteroatoms. The van der Waals surface area contributed by atoms with E-state index < -0.39 is 31.6 Å². The first-order valence-corrected chi connectivity index (χ1v) is 15.6. The van der Waals surface area contributed by atoms with Gasteiger partial charge in [-0.2, -0.15) is 0 Å². The van der Waals surface area contributed by atoms with Gasteiger partial charge in [0.1, 0.15) is 6.10 Å². The molecule has 0 spiro atoms. The van der Waals surface area contributed by atoms with Crippen molar-refractivity contribution in [1.82, 2.24) is 3.71 Å². The van der Waals surface area contributed by atoms with E-state index in [1.807, 2.05) is 58.0 Å². The van der Waals surface area contributed by atoms with Crippen molar-refractivity contribution in [2.75, 3.05) is 6.54 Å². The van der Waals surface area contributed by atoms with Gasteiger partial charge in [0.05, 0.1) is 22.0 Å². The van der Waals surface area contributed by atoms with Gasteiger partial charge >= 0.3 is 0 Å². The smallest absolute Gasteiger partial charge is 0.256 e. The summed E-state index contributed by atoms with van der Waals surface area (Å²) in [5, 5.41) is 0. The van der Waals surface area contributed by atoms with Crippen LogP contribution in [0.15, 0.2) is 93.6 Å². The number of aliphatic imine (C=N–C) groups is 1. The summed E-state index contributed by atoms with van der Waals surface area (Å²) in [7, 11) is -8.85. The Kier molecular flexibility index (Phi) is 8.11. The topological polar surface area (TPSA) is 93.1 Å². The minimum atomic E-state index is -4.42. The van der Waals surface area contributed by atoms with E-state index in [2.05, 4.69) is 0 Å². The summed E-state index contributed by atoms with van der Waals surface area (Å²) in [4.78, 5) is 4.57. The normalized spacial score (nSPS) is 18.6. The summed E-state index contributed by atoms with van der Waals surface area (Å²) in [6, 6.07) is 21.8. The SMILES string of the molecule is CCC1(CC)CC(CN(S(=O)(=O)c2ccc(C)cc2)S(=O)(=O)c2ccc(C)cc2)OC1=Nc1ccccc1. The van der Waals surface area contributed by atoms with Gasteiger partial charge in [0.15, 0.2) is 5.90 Å². The first-order chi connectivity index (χ1) is 18.0. The van der Waals surface area contributed by atoms with Crippen molar-refractivity contribution >= 4 is 31.6 Å². The molecule has 0 bridgehead atoms. The van der Waals surface area contributed by atoms with Gasteiger partial charge in [-0.1, -0.05) is 71.1 Å². The fraction of sp³-hybridized carbons (Fsp3) is 0.345. The molecular formula is C29H34N2O5S2. The van der Waals surface area contributed by atoms with Crippen LogP contribution in [0.3, 0.4) is 0 Å². The van der Waals surface area contributed by atoms with E-state index in [1.165, 1.54) is 24.3 Å². The molecule has 0 amide bonds. The molecule has 1 atom stereocenters. The number of para-hydroxylation sites is 1. The maximum Gasteiger partial charge on any atom is 0.256 e. The molecule has 0 N–H and O–H groups in total. The number of aryl methyl sites for hydroxylation is 2. The first-order valence-electron chi connectivity index (χ1n) is 12.7. The van der Waals surface area contributed by atoms with E-state index in [9.17, 15) is 16.8 Å². The number of hydrogen-bond donors (Lipinski definition) is 0. The number of ether oxygens (including phenoxy) is 1. The lowest BCUT2D eigenvalue weighted by atomic mass is 9.79. The average molecular weight is 555 g/mol. The maximum absolute atomic E-state index is 13.9. The highest BCUT2D eigenvalue weighted by Crippen LogP contribution is 2.43. The lowest BCUT2D eigenvalue weighted by molar-refractivity contribution is 0.199. The second-order valence-electron chi connectivity index (χ2n) is 9.78. The predicted octanol–water partition coefficient (Wildman–Crippen LogP) is 6.01. The zero-order valence-corrected chi connectivity index (χ0v) is 23.8. The number of nitrogens with zero attached hydrogens (tertiary/aromatic N) is 2. The Morgan fingerprint density at radius 1 is 0.789 bits per heavy atom. The molecule has 0 aromatic heterocycles. The van der Waals surface area contributed by atoms with Crippen LogP contribution in [-0.2, 0) is 24.8 Å². The largest absolute Gasteiger partial charge is 0.476 e. The fourth-order valence-electron chi connectivity index (χ4n) is 4.70. The highest BCUT2D eigenvalue weighted by molar-refractivity contribution is 8.04. The Labute approximate surface area is 226 Å². The first kappa shape index (κ1) is 28.0. The second kappa shape index (κ2) is 11.0. The van der Waals surface area contributed by atoms with Crippen LogP contribution in [0.5, 0.6) is 0 Å². The van der Waals surface area contributed by atoms with Crippen LogP contribution >= 0.6 is 0 Å². The van der Waals surface area contributed by atoms with Crippen molar-refractivity contribution in [2.24, 2.45) is 10.4 Å². The molecule has 3 aromatic carbocycles. The van der Waals surface area contributed by atoms with Crippen molar-refractivity contribution in [3.05, 3.63) is 90.0 Å². The second-order valence-corrected chi connectivity index (χ2v) is 13.7. The Balaban J connectivity index is 1.77. The van der Waals surface area contributed by atoms with Crippen LogP contribution in [0.4, 0.5) is 5.69 Å². The highest BCUT2D eigenvalue weighted by atomic mass is 32.3. The van der Waals surface area contributed by atoms with Crippen molar-refractivity contribution in [1.29, 1.82) is 0 Å². The summed E-state index contributed by atoms with van der Waals surface area (Å²) >= 11 is 0. The Hall–Kier alpha value is -3.01. The van der Waals surface area contributed by atoms with E-state index in [0.717, 1.165) is 29.7 Å². The molecule has 1 unspecified atom stereocenters. The van der Waals surface area contributed by atoms with Gasteiger partial charge in [-0.15, -0.1) is 0 Å². The molecule has 0 aliphatic carbocycles. The minimum Gasteiger partial charge on any atom is -0.476 e. The maximum atomic E-state index is 13.9. The van der Waals surface area contributed by atoms with Crippen molar-refractivity contribution in [3.8, 4) is 0 Å². The monoisotopic (exact) mass is 554 g/mol. The molecule has 4 rings (SSSR count). The van der Waals surface area contributed by atoms with Gasteiger partial charge in [-0.3, -0.25) is 0 Å². The number of benzene rings is 3. The molecule has 0 radical (unpaired) electrons. The van der Waals surface area contributed by atoms with Gasteiger partial charge in [-0.25, -0.2) is 21.8 Å². The summed E-state index contributed by atoms with van der Waals surface area (Å²) in [6.45, 7) is 7.40. The molecule has 1 saturated heterocycles. The summed E-state index contributed by atoms with van der Waals surface area (Å²) in [5.74, 6) is 0.513. The van der Waals surface area contributed by atoms with Gasteiger partial charge < -0.3 is 4.74 Å². The van der Waals surface area contributed by atoms with Gasteiger partial charge in [0.25, 0.3) is 20.0 Å². The molecule has 1 fully saturated rings. The van der Waals surface area contributed by atoms with Crippen LogP contribution in [0, 0.1) is 19.3 Å². The summed E-state index contributed by atoms with van der Waals surface area (Å²) in [5.41, 5.74) is 2.04. The third-order valence-corrected chi connectivity index (χ3v) is 11.5. The molecule has 1 aliphatic heterocycles. The third kappa shape index (κ3) is 5.55. The third-order valence-electron chi connectivity index (χ3n) is 7.22. The quantitative estimate of drug-likeness (QED) is 0.323. The van der Waals surface area contributed by atoms with Crippen LogP contribution < -0.4 is 0 Å². The lowest BCUT2D eigenvalue weighted by Gasteiger charge is -2.25. The van der Waals surface area contributed by atoms with Crippen LogP contribution in [0.2, 0.25) is 0 Å². The minimum absolute atomic E-state index is 0.0905. The molecule has 3 aromatic rings. The van der Waals surface area contributed by atoms with Gasteiger partial charge in [0, 0.05) is 5.41 Å². The predicted molar refractivity (Wildman–Crippen MR) is 149 cm³/mol. The molecule has 0 saturated carbocycles. The lowest BCUT2D eigenvalue weighted by Crippen LogP contribution is -2.42. The van der Waals surface area contributed by atoms with Gasteiger partial charge in [-0.05, 0) is 69.5 Å². The summed E-state index contributed by atoms with van der Waals surface area (Å²) < 4.78 is 62.3. The highest BCUT2D eigenvalue weighted by Gasteiger charge is 2.48. The Morgan fingerprint density at radius 2 is 1.26 bits per heavy atom. The van der Waals surface area contributed by atoms with Crippen LogP contribution in [0.1, 0.15) is 44.2 Å². The zero-order valence-electron chi connectivity index (χ0n) is 22.2. The molecule has 202 valence electrons. The number of hydrogen-bond acceptors (Lipinski definition) is 6. The Morgan fingerprint density at radius 3 is 1.71 bits per heavy atom. The van der Waals surface area contributed by atoms with E-state index in [4.69, 9.17) is 9.73 Å². The molecule has 1 heterocycles.